The topological polar surface area (TPSA) is 57.2 Å². The Balaban J connectivity index is 1.62. The second-order valence-corrected chi connectivity index (χ2v) is 7.73. The minimum absolute atomic E-state index is 0.00424. The Morgan fingerprint density at radius 2 is 1.50 bits per heavy atom. The molecule has 1 saturated heterocycles. The van der Waals surface area contributed by atoms with Crippen molar-refractivity contribution in [3.63, 3.8) is 0 Å². The van der Waals surface area contributed by atoms with Crippen molar-refractivity contribution in [2.75, 3.05) is 6.61 Å². The van der Waals surface area contributed by atoms with Gasteiger partial charge < -0.3 is 24.1 Å². The molecule has 152 valence electrons. The Morgan fingerprint density at radius 3 is 2.04 bits per heavy atom. The molecule has 2 aromatic rings. The standard InChI is InChI=1S/C23H30O5/c1-17(14-25-15-18-10-6-4-7-11-18)20(21-22(24)28-23(2,3)27-21)26-16-19-12-8-5-9-13-19/h4-13,17,20-22,24H,14-16H2,1-3H3. The van der Waals surface area contributed by atoms with Crippen molar-refractivity contribution in [2.24, 2.45) is 5.92 Å². The minimum Gasteiger partial charge on any atom is -0.376 e. The molecule has 0 radical (unpaired) electrons. The first-order valence-electron chi connectivity index (χ1n) is 9.75. The van der Waals surface area contributed by atoms with Gasteiger partial charge in [0.15, 0.2) is 12.1 Å². The highest BCUT2D eigenvalue weighted by Crippen LogP contribution is 2.32. The molecule has 0 spiro atoms. The number of benzene rings is 2. The van der Waals surface area contributed by atoms with Gasteiger partial charge in [0.2, 0.25) is 0 Å². The molecule has 1 aliphatic heterocycles. The third-order valence-corrected chi connectivity index (χ3v) is 4.77. The van der Waals surface area contributed by atoms with Crippen molar-refractivity contribution in [1.29, 1.82) is 0 Å². The van der Waals surface area contributed by atoms with Gasteiger partial charge in [0.1, 0.15) is 6.10 Å². The molecule has 2 aromatic carbocycles. The average Bonchev–Trinajstić information content (AvgIpc) is 2.96. The first-order chi connectivity index (χ1) is 13.4. The molecule has 1 fully saturated rings. The number of hydrogen-bond donors (Lipinski definition) is 1. The zero-order valence-electron chi connectivity index (χ0n) is 16.8. The quantitative estimate of drug-likeness (QED) is 0.708. The van der Waals surface area contributed by atoms with E-state index >= 15 is 0 Å². The zero-order chi connectivity index (χ0) is 20.0. The molecule has 0 amide bonds. The lowest BCUT2D eigenvalue weighted by Gasteiger charge is -2.30. The van der Waals surface area contributed by atoms with Gasteiger partial charge in [-0.2, -0.15) is 0 Å². The molecule has 28 heavy (non-hydrogen) atoms. The Bertz CT molecular complexity index is 703. The second-order valence-electron chi connectivity index (χ2n) is 7.73. The maximum Gasteiger partial charge on any atom is 0.187 e. The zero-order valence-corrected chi connectivity index (χ0v) is 16.8. The minimum atomic E-state index is -1.03. The molecule has 1 heterocycles. The third kappa shape index (κ3) is 5.87. The van der Waals surface area contributed by atoms with E-state index in [0.717, 1.165) is 11.1 Å². The number of rotatable bonds is 9. The number of aliphatic hydroxyl groups excluding tert-OH is 1. The van der Waals surface area contributed by atoms with Gasteiger partial charge >= 0.3 is 0 Å². The van der Waals surface area contributed by atoms with Crippen molar-refractivity contribution in [3.8, 4) is 0 Å². The van der Waals surface area contributed by atoms with Gasteiger partial charge in [0.25, 0.3) is 0 Å². The van der Waals surface area contributed by atoms with Crippen molar-refractivity contribution in [2.45, 2.75) is 58.3 Å². The monoisotopic (exact) mass is 386 g/mol. The lowest BCUT2D eigenvalue weighted by Crippen LogP contribution is -2.43. The maximum atomic E-state index is 10.4. The third-order valence-electron chi connectivity index (χ3n) is 4.77. The molecular formula is C23H30O5. The van der Waals surface area contributed by atoms with Crippen LogP contribution in [0.1, 0.15) is 31.9 Å². The summed E-state index contributed by atoms with van der Waals surface area (Å²) < 4.78 is 23.6. The number of ether oxygens (including phenoxy) is 4. The van der Waals surface area contributed by atoms with Crippen molar-refractivity contribution < 1.29 is 24.1 Å². The SMILES string of the molecule is CC(COCc1ccccc1)C(OCc1ccccc1)C1OC(C)(C)OC1O. The van der Waals surface area contributed by atoms with E-state index in [1.807, 2.05) is 67.6 Å². The molecule has 0 aromatic heterocycles. The number of aliphatic hydroxyl groups is 1. The van der Waals surface area contributed by atoms with Gasteiger partial charge in [0, 0.05) is 5.92 Å². The summed E-state index contributed by atoms with van der Waals surface area (Å²) in [7, 11) is 0. The Labute approximate surface area is 167 Å². The molecule has 0 saturated carbocycles. The summed E-state index contributed by atoms with van der Waals surface area (Å²) in [6.45, 7) is 7.08. The highest BCUT2D eigenvalue weighted by Gasteiger charge is 2.46. The summed E-state index contributed by atoms with van der Waals surface area (Å²) in [6.07, 6.45) is -1.98. The lowest BCUT2D eigenvalue weighted by atomic mass is 9.99. The molecule has 1 N–H and O–H groups in total. The van der Waals surface area contributed by atoms with Crippen molar-refractivity contribution in [1.82, 2.24) is 0 Å². The summed E-state index contributed by atoms with van der Waals surface area (Å²) in [5, 5.41) is 10.4. The van der Waals surface area contributed by atoms with E-state index < -0.39 is 18.2 Å². The van der Waals surface area contributed by atoms with E-state index in [2.05, 4.69) is 0 Å². The van der Waals surface area contributed by atoms with E-state index in [1.165, 1.54) is 0 Å². The van der Waals surface area contributed by atoms with Crippen LogP contribution in [-0.4, -0.2) is 36.0 Å². The van der Waals surface area contributed by atoms with Gasteiger partial charge in [0.05, 0.1) is 25.9 Å². The Morgan fingerprint density at radius 1 is 0.929 bits per heavy atom. The van der Waals surface area contributed by atoms with Crippen LogP contribution in [0.2, 0.25) is 0 Å². The van der Waals surface area contributed by atoms with E-state index in [1.54, 1.807) is 13.8 Å². The van der Waals surface area contributed by atoms with Gasteiger partial charge in [-0.05, 0) is 25.0 Å². The molecular weight excluding hydrogens is 356 g/mol. The average molecular weight is 386 g/mol. The molecule has 0 aliphatic carbocycles. The molecule has 1 aliphatic rings. The lowest BCUT2D eigenvalue weighted by molar-refractivity contribution is -0.177. The van der Waals surface area contributed by atoms with Crippen LogP contribution >= 0.6 is 0 Å². The largest absolute Gasteiger partial charge is 0.376 e. The molecule has 5 nitrogen and oxygen atoms in total. The van der Waals surface area contributed by atoms with E-state index in [-0.39, 0.29) is 12.0 Å². The molecule has 4 unspecified atom stereocenters. The molecule has 5 heteroatoms. The number of hydrogen-bond acceptors (Lipinski definition) is 5. The van der Waals surface area contributed by atoms with E-state index in [9.17, 15) is 5.11 Å². The van der Waals surface area contributed by atoms with Crippen LogP contribution in [0.25, 0.3) is 0 Å². The Kier molecular flexibility index (Phi) is 7.21. The van der Waals surface area contributed by atoms with Gasteiger partial charge in [-0.1, -0.05) is 67.6 Å². The normalized spacial score (nSPS) is 23.4. The van der Waals surface area contributed by atoms with Crippen molar-refractivity contribution >= 4 is 0 Å². The second kappa shape index (κ2) is 9.63. The summed E-state index contributed by atoms with van der Waals surface area (Å²) in [5.41, 5.74) is 2.19. The molecule has 0 bridgehead atoms. The summed E-state index contributed by atoms with van der Waals surface area (Å²) in [4.78, 5) is 0. The van der Waals surface area contributed by atoms with Gasteiger partial charge in [-0.25, -0.2) is 0 Å². The van der Waals surface area contributed by atoms with E-state index in [4.69, 9.17) is 18.9 Å². The first-order valence-corrected chi connectivity index (χ1v) is 9.75. The maximum absolute atomic E-state index is 10.4. The van der Waals surface area contributed by atoms with Gasteiger partial charge in [-0.3, -0.25) is 0 Å². The van der Waals surface area contributed by atoms with Gasteiger partial charge in [-0.15, -0.1) is 0 Å². The first kappa shape index (κ1) is 21.0. The van der Waals surface area contributed by atoms with Crippen LogP contribution in [0, 0.1) is 5.92 Å². The van der Waals surface area contributed by atoms with Crippen LogP contribution in [0.4, 0.5) is 0 Å². The van der Waals surface area contributed by atoms with Crippen LogP contribution in [0.15, 0.2) is 60.7 Å². The Hall–Kier alpha value is -1.76. The smallest absolute Gasteiger partial charge is 0.187 e. The van der Waals surface area contributed by atoms with E-state index in [0.29, 0.717) is 19.8 Å². The fourth-order valence-electron chi connectivity index (χ4n) is 3.38. The highest BCUT2D eigenvalue weighted by molar-refractivity contribution is 5.14. The molecule has 4 atom stereocenters. The molecule has 3 rings (SSSR count). The fourth-order valence-corrected chi connectivity index (χ4v) is 3.38. The summed E-state index contributed by atoms with van der Waals surface area (Å²) in [6, 6.07) is 20.0. The van der Waals surface area contributed by atoms with Crippen LogP contribution in [0.3, 0.4) is 0 Å². The summed E-state index contributed by atoms with van der Waals surface area (Å²) in [5.74, 6) is -0.840. The highest BCUT2D eigenvalue weighted by atomic mass is 16.8. The van der Waals surface area contributed by atoms with Crippen molar-refractivity contribution in [3.05, 3.63) is 71.8 Å². The summed E-state index contributed by atoms with van der Waals surface area (Å²) >= 11 is 0. The van der Waals surface area contributed by atoms with Crippen LogP contribution < -0.4 is 0 Å². The predicted molar refractivity (Wildman–Crippen MR) is 106 cm³/mol. The fraction of sp³-hybridized carbons (Fsp3) is 0.478. The predicted octanol–water partition coefficient (Wildman–Crippen LogP) is 3.89. The van der Waals surface area contributed by atoms with Crippen LogP contribution in [-0.2, 0) is 32.2 Å². The van der Waals surface area contributed by atoms with Crippen LogP contribution in [0.5, 0.6) is 0 Å².